The number of aryl methyl sites for hydroxylation is 2. The van der Waals surface area contributed by atoms with Crippen LogP contribution >= 0.6 is 0 Å². The molecule has 0 unspecified atom stereocenters. The summed E-state index contributed by atoms with van der Waals surface area (Å²) in [6, 6.07) is 6.65. The lowest BCUT2D eigenvalue weighted by Crippen LogP contribution is -2.14. The molecular weight excluding hydrogens is 266 g/mol. The SMILES string of the molecule is COc1ccc(NS(=O)(=O)c2c(C)n[nH]c2C)cc1. The van der Waals surface area contributed by atoms with Crippen LogP contribution in [0.2, 0.25) is 0 Å². The molecule has 2 N–H and O–H groups in total. The Morgan fingerprint density at radius 3 is 2.32 bits per heavy atom. The van der Waals surface area contributed by atoms with Crippen molar-refractivity contribution in [1.82, 2.24) is 10.2 Å². The number of anilines is 1. The van der Waals surface area contributed by atoms with Crippen LogP contribution in [0.1, 0.15) is 11.4 Å². The van der Waals surface area contributed by atoms with Gasteiger partial charge in [0.1, 0.15) is 10.6 Å². The van der Waals surface area contributed by atoms with Gasteiger partial charge in [0.15, 0.2) is 0 Å². The zero-order chi connectivity index (χ0) is 14.0. The van der Waals surface area contributed by atoms with Crippen molar-refractivity contribution < 1.29 is 13.2 Å². The van der Waals surface area contributed by atoms with E-state index in [4.69, 9.17) is 4.74 Å². The van der Waals surface area contributed by atoms with Crippen molar-refractivity contribution in [1.29, 1.82) is 0 Å². The van der Waals surface area contributed by atoms with E-state index in [0.717, 1.165) is 0 Å². The van der Waals surface area contributed by atoms with Crippen molar-refractivity contribution >= 4 is 15.7 Å². The second-order valence-electron chi connectivity index (χ2n) is 4.10. The topological polar surface area (TPSA) is 84.1 Å². The molecule has 0 aliphatic rings. The Labute approximate surface area is 111 Å². The number of methoxy groups -OCH3 is 1. The Balaban J connectivity index is 2.31. The third-order valence-corrected chi connectivity index (χ3v) is 4.31. The molecule has 0 saturated heterocycles. The van der Waals surface area contributed by atoms with Gasteiger partial charge in [0.2, 0.25) is 0 Å². The zero-order valence-corrected chi connectivity index (χ0v) is 11.7. The molecule has 1 aromatic carbocycles. The molecule has 1 aromatic heterocycles. The smallest absolute Gasteiger partial charge is 0.265 e. The first kappa shape index (κ1) is 13.4. The first-order chi connectivity index (χ1) is 8.94. The number of aromatic nitrogens is 2. The van der Waals surface area contributed by atoms with E-state index < -0.39 is 10.0 Å². The van der Waals surface area contributed by atoms with Gasteiger partial charge in [-0.2, -0.15) is 5.10 Å². The van der Waals surface area contributed by atoms with E-state index in [1.54, 1.807) is 45.2 Å². The van der Waals surface area contributed by atoms with E-state index in [0.29, 0.717) is 22.8 Å². The minimum absolute atomic E-state index is 0.184. The molecule has 1 heterocycles. The predicted octanol–water partition coefficient (Wildman–Crippen LogP) is 1.84. The van der Waals surface area contributed by atoms with Crippen LogP contribution in [0.5, 0.6) is 5.75 Å². The summed E-state index contributed by atoms with van der Waals surface area (Å²) in [7, 11) is -2.08. The first-order valence-electron chi connectivity index (χ1n) is 5.62. The van der Waals surface area contributed by atoms with Crippen LogP contribution in [0.15, 0.2) is 29.2 Å². The minimum Gasteiger partial charge on any atom is -0.497 e. The van der Waals surface area contributed by atoms with Crippen molar-refractivity contribution in [2.75, 3.05) is 11.8 Å². The summed E-state index contributed by atoms with van der Waals surface area (Å²) in [5.74, 6) is 0.665. The highest BCUT2D eigenvalue weighted by Crippen LogP contribution is 2.22. The number of hydrogen-bond donors (Lipinski definition) is 2. The summed E-state index contributed by atoms with van der Waals surface area (Å²) in [5.41, 5.74) is 1.43. The van der Waals surface area contributed by atoms with Gasteiger partial charge in [0.05, 0.1) is 18.5 Å². The van der Waals surface area contributed by atoms with Gasteiger partial charge >= 0.3 is 0 Å². The second kappa shape index (κ2) is 4.93. The van der Waals surface area contributed by atoms with Crippen LogP contribution in [-0.4, -0.2) is 25.7 Å². The lowest BCUT2D eigenvalue weighted by molar-refractivity contribution is 0.415. The Morgan fingerprint density at radius 1 is 1.21 bits per heavy atom. The highest BCUT2D eigenvalue weighted by atomic mass is 32.2. The van der Waals surface area contributed by atoms with Crippen molar-refractivity contribution in [2.45, 2.75) is 18.7 Å². The Hall–Kier alpha value is -2.02. The molecule has 0 bridgehead atoms. The number of aromatic amines is 1. The maximum absolute atomic E-state index is 12.3. The van der Waals surface area contributed by atoms with Crippen LogP contribution in [0.4, 0.5) is 5.69 Å². The van der Waals surface area contributed by atoms with Crippen molar-refractivity contribution in [2.24, 2.45) is 0 Å². The van der Waals surface area contributed by atoms with Gasteiger partial charge in [-0.15, -0.1) is 0 Å². The molecule has 2 aromatic rings. The standard InChI is InChI=1S/C12H15N3O3S/c1-8-12(9(2)14-13-8)19(16,17)15-10-4-6-11(18-3)7-5-10/h4-7,15H,1-3H3,(H,13,14). The van der Waals surface area contributed by atoms with E-state index in [-0.39, 0.29) is 4.90 Å². The molecule has 2 rings (SSSR count). The number of rotatable bonds is 4. The van der Waals surface area contributed by atoms with Gasteiger partial charge in [-0.3, -0.25) is 9.82 Å². The molecule has 19 heavy (non-hydrogen) atoms. The minimum atomic E-state index is -3.64. The predicted molar refractivity (Wildman–Crippen MR) is 71.9 cm³/mol. The summed E-state index contributed by atoms with van der Waals surface area (Å²) in [4.78, 5) is 0.184. The van der Waals surface area contributed by atoms with E-state index in [9.17, 15) is 8.42 Å². The Bertz CT molecular complexity index is 655. The quantitative estimate of drug-likeness (QED) is 0.895. The van der Waals surface area contributed by atoms with Crippen molar-refractivity contribution in [3.63, 3.8) is 0 Å². The fourth-order valence-electron chi connectivity index (χ4n) is 1.80. The van der Waals surface area contributed by atoms with Crippen LogP contribution in [-0.2, 0) is 10.0 Å². The lowest BCUT2D eigenvalue weighted by atomic mass is 10.3. The van der Waals surface area contributed by atoms with Gasteiger partial charge in [-0.1, -0.05) is 0 Å². The van der Waals surface area contributed by atoms with Crippen molar-refractivity contribution in [3.05, 3.63) is 35.7 Å². The molecule has 0 radical (unpaired) electrons. The molecule has 0 saturated carbocycles. The third-order valence-electron chi connectivity index (χ3n) is 2.67. The molecule has 0 aliphatic carbocycles. The summed E-state index contributed by atoms with van der Waals surface area (Å²) in [6.45, 7) is 3.31. The maximum Gasteiger partial charge on any atom is 0.265 e. The summed E-state index contributed by atoms with van der Waals surface area (Å²) in [5, 5.41) is 6.55. The summed E-state index contributed by atoms with van der Waals surface area (Å²) < 4.78 is 32.0. The fourth-order valence-corrected chi connectivity index (χ4v) is 3.23. The van der Waals surface area contributed by atoms with Crippen LogP contribution in [0.3, 0.4) is 0 Å². The largest absolute Gasteiger partial charge is 0.497 e. The lowest BCUT2D eigenvalue weighted by Gasteiger charge is -2.08. The average Bonchev–Trinajstić information content (AvgIpc) is 2.70. The van der Waals surface area contributed by atoms with Gasteiger partial charge in [0, 0.05) is 5.69 Å². The van der Waals surface area contributed by atoms with E-state index in [2.05, 4.69) is 14.9 Å². The zero-order valence-electron chi connectivity index (χ0n) is 10.9. The maximum atomic E-state index is 12.3. The highest BCUT2D eigenvalue weighted by molar-refractivity contribution is 7.92. The third kappa shape index (κ3) is 2.70. The van der Waals surface area contributed by atoms with Crippen LogP contribution in [0, 0.1) is 13.8 Å². The molecule has 0 aliphatic heterocycles. The molecule has 7 heteroatoms. The average molecular weight is 281 g/mol. The van der Waals surface area contributed by atoms with Gasteiger partial charge in [0.25, 0.3) is 10.0 Å². The Morgan fingerprint density at radius 2 is 1.84 bits per heavy atom. The number of H-pyrrole nitrogens is 1. The molecule has 102 valence electrons. The summed E-state index contributed by atoms with van der Waals surface area (Å²) >= 11 is 0. The number of nitrogens with one attached hydrogen (secondary N) is 2. The first-order valence-corrected chi connectivity index (χ1v) is 7.11. The number of hydrogen-bond acceptors (Lipinski definition) is 4. The number of nitrogens with zero attached hydrogens (tertiary/aromatic N) is 1. The monoisotopic (exact) mass is 281 g/mol. The number of ether oxygens (including phenoxy) is 1. The molecule has 0 spiro atoms. The molecule has 0 amide bonds. The van der Waals surface area contributed by atoms with Gasteiger partial charge < -0.3 is 4.74 Å². The normalized spacial score (nSPS) is 11.3. The second-order valence-corrected chi connectivity index (χ2v) is 5.72. The van der Waals surface area contributed by atoms with Crippen LogP contribution < -0.4 is 9.46 Å². The molecular formula is C12H15N3O3S. The highest BCUT2D eigenvalue weighted by Gasteiger charge is 2.22. The van der Waals surface area contributed by atoms with E-state index in [1.807, 2.05) is 0 Å². The fraction of sp³-hybridized carbons (Fsp3) is 0.250. The van der Waals surface area contributed by atoms with Crippen molar-refractivity contribution in [3.8, 4) is 5.75 Å². The van der Waals surface area contributed by atoms with Crippen LogP contribution in [0.25, 0.3) is 0 Å². The molecule has 6 nitrogen and oxygen atoms in total. The summed E-state index contributed by atoms with van der Waals surface area (Å²) in [6.07, 6.45) is 0. The van der Waals surface area contributed by atoms with E-state index in [1.165, 1.54) is 0 Å². The molecule has 0 fully saturated rings. The van der Waals surface area contributed by atoms with Gasteiger partial charge in [-0.05, 0) is 38.1 Å². The molecule has 0 atom stereocenters. The number of sulfonamides is 1. The van der Waals surface area contributed by atoms with E-state index >= 15 is 0 Å². The Kier molecular flexibility index (Phi) is 3.48. The number of benzene rings is 1. The van der Waals surface area contributed by atoms with Gasteiger partial charge in [-0.25, -0.2) is 8.42 Å².